The van der Waals surface area contributed by atoms with Crippen molar-refractivity contribution in [3.8, 4) is 0 Å². The van der Waals surface area contributed by atoms with Gasteiger partial charge in [0.25, 0.3) is 0 Å². The van der Waals surface area contributed by atoms with Crippen molar-refractivity contribution in [3.05, 3.63) is 60.8 Å². The summed E-state index contributed by atoms with van der Waals surface area (Å²) in [7, 11) is 0. The lowest BCUT2D eigenvalue weighted by Crippen LogP contribution is -2.59. The predicted molar refractivity (Wildman–Crippen MR) is 224 cm³/mol. The molecular formula is C46H78O10. The zero-order valence-corrected chi connectivity index (χ0v) is 34.9. The molecule has 0 aromatic heterocycles. The highest BCUT2D eigenvalue weighted by molar-refractivity contribution is 5.70. The van der Waals surface area contributed by atoms with E-state index in [0.29, 0.717) is 12.8 Å². The van der Waals surface area contributed by atoms with Gasteiger partial charge in [0.05, 0.1) is 13.2 Å². The Balaban J connectivity index is 2.36. The van der Waals surface area contributed by atoms with E-state index in [0.717, 1.165) is 57.8 Å². The van der Waals surface area contributed by atoms with Crippen molar-refractivity contribution in [2.24, 2.45) is 0 Å². The van der Waals surface area contributed by atoms with Crippen LogP contribution >= 0.6 is 0 Å². The quantitative estimate of drug-likeness (QED) is 0.0212. The van der Waals surface area contributed by atoms with E-state index < -0.39 is 55.4 Å². The summed E-state index contributed by atoms with van der Waals surface area (Å²) in [5.41, 5.74) is 0. The molecule has 10 heteroatoms. The van der Waals surface area contributed by atoms with Gasteiger partial charge >= 0.3 is 11.9 Å². The van der Waals surface area contributed by atoms with E-state index in [-0.39, 0.29) is 26.1 Å². The number of hydrogen-bond donors (Lipinski definition) is 4. The molecule has 6 atom stereocenters. The van der Waals surface area contributed by atoms with Crippen molar-refractivity contribution in [2.75, 3.05) is 19.8 Å². The van der Waals surface area contributed by atoms with E-state index in [4.69, 9.17) is 18.9 Å². The van der Waals surface area contributed by atoms with Crippen LogP contribution in [0.5, 0.6) is 0 Å². The van der Waals surface area contributed by atoms with Crippen molar-refractivity contribution in [1.29, 1.82) is 0 Å². The molecular weight excluding hydrogens is 712 g/mol. The Labute approximate surface area is 339 Å². The molecule has 1 fully saturated rings. The average molecular weight is 791 g/mol. The smallest absolute Gasteiger partial charge is 0.306 e. The average Bonchev–Trinajstić information content (AvgIpc) is 3.19. The molecule has 0 bridgehead atoms. The summed E-state index contributed by atoms with van der Waals surface area (Å²) in [5, 5.41) is 40.0. The lowest BCUT2D eigenvalue weighted by atomic mass is 9.99. The molecule has 1 heterocycles. The van der Waals surface area contributed by atoms with Gasteiger partial charge in [-0.2, -0.15) is 0 Å². The van der Waals surface area contributed by atoms with Gasteiger partial charge in [0.1, 0.15) is 31.0 Å². The van der Waals surface area contributed by atoms with Gasteiger partial charge in [-0.3, -0.25) is 9.59 Å². The molecule has 0 spiro atoms. The topological polar surface area (TPSA) is 152 Å². The van der Waals surface area contributed by atoms with Crippen molar-refractivity contribution >= 4 is 11.9 Å². The third kappa shape index (κ3) is 27.9. The maximum Gasteiger partial charge on any atom is 0.306 e. The highest BCUT2D eigenvalue weighted by Gasteiger charge is 2.44. The second kappa shape index (κ2) is 36.7. The first-order chi connectivity index (χ1) is 27.3. The fourth-order valence-electron chi connectivity index (χ4n) is 6.25. The molecule has 1 aliphatic rings. The minimum absolute atomic E-state index is 0.180. The summed E-state index contributed by atoms with van der Waals surface area (Å²) in [5.74, 6) is -0.866. The minimum Gasteiger partial charge on any atom is -0.462 e. The maximum atomic E-state index is 12.7. The molecule has 0 aromatic rings. The minimum atomic E-state index is -1.61. The SMILES string of the molecule is CC/C=C/C=C/C=C/C=C/CCCCCC(=O)OC(COC(=O)CCCCCCC/C=C/CCCCCCCCCCC)CO[C@H]1O[C@@H](CO)[C@@H](O)C(O)C1O. The van der Waals surface area contributed by atoms with E-state index in [1.54, 1.807) is 0 Å². The third-order valence-electron chi connectivity index (χ3n) is 9.73. The van der Waals surface area contributed by atoms with Crippen LogP contribution in [0.3, 0.4) is 0 Å². The van der Waals surface area contributed by atoms with Gasteiger partial charge in [-0.25, -0.2) is 0 Å². The molecule has 10 nitrogen and oxygen atoms in total. The third-order valence-corrected chi connectivity index (χ3v) is 9.73. The van der Waals surface area contributed by atoms with Gasteiger partial charge in [0.2, 0.25) is 0 Å². The van der Waals surface area contributed by atoms with Crippen LogP contribution in [0.1, 0.15) is 162 Å². The molecule has 1 rings (SSSR count). The standard InChI is InChI=1S/C46H78O10/c1-3-5-7-9-11-13-15-17-18-19-20-21-23-24-26-28-30-32-34-41(48)53-37-39(38-54-46-45(52)44(51)43(50)40(36-47)56-46)55-42(49)35-33-31-29-27-25-22-16-14-12-10-8-6-4-2/h6,8,10,12,14,16,20-22,25,39-40,43-47,50-52H,3-5,7,9,11,13,15,17-19,23-24,26-38H2,1-2H3/b8-6+,12-10+,16-14+,21-20+,25-22+/t39?,40-,43+,44?,45?,46-/m0/s1. The predicted octanol–water partition coefficient (Wildman–Crippen LogP) is 9.05. The molecule has 3 unspecified atom stereocenters. The van der Waals surface area contributed by atoms with Crippen LogP contribution in [0.2, 0.25) is 0 Å². The molecule has 1 saturated heterocycles. The number of rotatable bonds is 35. The monoisotopic (exact) mass is 791 g/mol. The second-order valence-corrected chi connectivity index (χ2v) is 14.9. The van der Waals surface area contributed by atoms with Gasteiger partial charge in [0.15, 0.2) is 12.4 Å². The highest BCUT2D eigenvalue weighted by Crippen LogP contribution is 2.22. The number of allylic oxidation sites excluding steroid dienone is 10. The fourth-order valence-corrected chi connectivity index (χ4v) is 6.25. The molecule has 322 valence electrons. The van der Waals surface area contributed by atoms with E-state index in [1.807, 2.05) is 36.5 Å². The van der Waals surface area contributed by atoms with Crippen LogP contribution in [-0.2, 0) is 28.5 Å². The zero-order valence-electron chi connectivity index (χ0n) is 34.9. The first kappa shape index (κ1) is 51.4. The van der Waals surface area contributed by atoms with Crippen LogP contribution in [0.15, 0.2) is 60.8 Å². The first-order valence-electron chi connectivity index (χ1n) is 21.9. The summed E-state index contributed by atoms with van der Waals surface area (Å²) in [6, 6.07) is 0. The lowest BCUT2D eigenvalue weighted by molar-refractivity contribution is -0.305. The van der Waals surface area contributed by atoms with E-state index in [9.17, 15) is 30.0 Å². The van der Waals surface area contributed by atoms with Crippen LogP contribution < -0.4 is 0 Å². The zero-order chi connectivity index (χ0) is 40.9. The van der Waals surface area contributed by atoms with Crippen LogP contribution in [0.25, 0.3) is 0 Å². The van der Waals surface area contributed by atoms with Gasteiger partial charge in [0, 0.05) is 12.8 Å². The van der Waals surface area contributed by atoms with Gasteiger partial charge < -0.3 is 39.4 Å². The van der Waals surface area contributed by atoms with Crippen molar-refractivity contribution < 1.29 is 49.0 Å². The van der Waals surface area contributed by atoms with Gasteiger partial charge in [-0.05, 0) is 57.8 Å². The Morgan fingerprint density at radius 1 is 0.571 bits per heavy atom. The summed E-state index contributed by atoms with van der Waals surface area (Å²) in [6.07, 6.45) is 36.6. The first-order valence-corrected chi connectivity index (χ1v) is 21.9. The summed E-state index contributed by atoms with van der Waals surface area (Å²) in [4.78, 5) is 25.3. The summed E-state index contributed by atoms with van der Waals surface area (Å²) < 4.78 is 22.1. The largest absolute Gasteiger partial charge is 0.462 e. The molecule has 56 heavy (non-hydrogen) atoms. The lowest BCUT2D eigenvalue weighted by Gasteiger charge is -2.39. The summed E-state index contributed by atoms with van der Waals surface area (Å²) in [6.45, 7) is 3.22. The molecule has 0 aromatic carbocycles. The number of esters is 2. The molecule has 0 saturated carbocycles. The van der Waals surface area contributed by atoms with E-state index >= 15 is 0 Å². The molecule has 0 amide bonds. The normalized spacial score (nSPS) is 21.0. The number of carbonyl (C=O) groups excluding carboxylic acids is 2. The van der Waals surface area contributed by atoms with Crippen molar-refractivity contribution in [2.45, 2.75) is 198 Å². The van der Waals surface area contributed by atoms with Crippen molar-refractivity contribution in [3.63, 3.8) is 0 Å². The number of aliphatic hydroxyl groups is 4. The maximum absolute atomic E-state index is 12.7. The Morgan fingerprint density at radius 2 is 1.07 bits per heavy atom. The molecule has 4 N–H and O–H groups in total. The van der Waals surface area contributed by atoms with Gasteiger partial charge in [-0.15, -0.1) is 0 Å². The Kier molecular flexibility index (Phi) is 33.7. The number of ether oxygens (including phenoxy) is 4. The van der Waals surface area contributed by atoms with E-state index in [1.165, 1.54) is 64.2 Å². The second-order valence-electron chi connectivity index (χ2n) is 14.9. The van der Waals surface area contributed by atoms with E-state index in [2.05, 4.69) is 38.2 Å². The van der Waals surface area contributed by atoms with Crippen LogP contribution in [0, 0.1) is 0 Å². The Bertz CT molecular complexity index is 1100. The number of carbonyl (C=O) groups is 2. The van der Waals surface area contributed by atoms with Gasteiger partial charge in [-0.1, -0.05) is 152 Å². The highest BCUT2D eigenvalue weighted by atomic mass is 16.7. The fraction of sp³-hybridized carbons (Fsp3) is 0.739. The Hall–Kier alpha value is -2.60. The molecule has 0 aliphatic carbocycles. The molecule has 0 radical (unpaired) electrons. The van der Waals surface area contributed by atoms with Crippen LogP contribution in [0.4, 0.5) is 0 Å². The Morgan fingerprint density at radius 3 is 1.66 bits per heavy atom. The van der Waals surface area contributed by atoms with Crippen LogP contribution in [-0.4, -0.2) is 89.0 Å². The number of hydrogen-bond acceptors (Lipinski definition) is 10. The summed E-state index contributed by atoms with van der Waals surface area (Å²) >= 11 is 0. The van der Waals surface area contributed by atoms with Crippen molar-refractivity contribution in [1.82, 2.24) is 0 Å². The number of unbranched alkanes of at least 4 members (excludes halogenated alkanes) is 17. The molecule has 1 aliphatic heterocycles. The number of aliphatic hydroxyl groups excluding tert-OH is 4.